The topological polar surface area (TPSA) is 180 Å². The van der Waals surface area contributed by atoms with Crippen molar-refractivity contribution in [3.8, 4) is 28.8 Å². The number of rotatable bonds is 12. The third-order valence-electron chi connectivity index (χ3n) is 9.77. The first-order chi connectivity index (χ1) is 24.6. The molecule has 258 valence electrons. The molecule has 2 aliphatic heterocycles. The van der Waals surface area contributed by atoms with E-state index in [9.17, 15) is 5.26 Å². The Morgan fingerprint density at radius 2 is 1.78 bits per heavy atom. The van der Waals surface area contributed by atoms with E-state index in [1.807, 2.05) is 29.9 Å². The van der Waals surface area contributed by atoms with E-state index in [1.54, 1.807) is 29.3 Å². The molecule has 6 heterocycles. The van der Waals surface area contributed by atoms with Gasteiger partial charge in [-0.15, -0.1) is 10.2 Å². The monoisotopic (exact) mass is 678 g/mol. The molecular weight excluding hydrogens is 640 g/mol. The van der Waals surface area contributed by atoms with Crippen LogP contribution in [-0.4, -0.2) is 87.3 Å². The van der Waals surface area contributed by atoms with Crippen LogP contribution in [0.2, 0.25) is 0 Å². The molecule has 3 atom stereocenters. The summed E-state index contributed by atoms with van der Waals surface area (Å²) in [6, 6.07) is 9.60. The molecule has 8 rings (SSSR count). The zero-order chi connectivity index (χ0) is 33.9. The van der Waals surface area contributed by atoms with E-state index in [0.29, 0.717) is 59.4 Å². The average Bonchev–Trinajstić information content (AvgIpc) is 3.97. The minimum absolute atomic E-state index is 0.141. The fourth-order valence-corrected chi connectivity index (χ4v) is 7.42. The van der Waals surface area contributed by atoms with Gasteiger partial charge in [0, 0.05) is 36.1 Å². The number of aromatic nitrogens is 9. The fraction of sp³-hybridized carbons (Fsp3) is 0.471. The molecule has 1 N–H and O–H groups in total. The molecule has 16 heteroatoms. The van der Waals surface area contributed by atoms with Crippen LogP contribution in [0.4, 0.5) is 11.6 Å². The molecule has 0 unspecified atom stereocenters. The standard InChI is InChI=1S/C34H38N12O4/c1-22(16-44-21-39-42-43-44)50-31-12-23(2-3-24(31)13-35)25-14-37-34(38-15-25)40-30-17-45(41-33(30)49-20-32-36-10-11-48-32)26-4-6-27(7-5-26)46-28-8-9-29(46)19-47-18-28/h2-3,10-12,14-15,17,21-22,26-29H,4-9,16,18-20H2,1H3,(H,37,38,40)/t22-,26-,27-,28-,29+/m0/s1. The Morgan fingerprint density at radius 3 is 2.50 bits per heavy atom. The number of nitrogens with zero attached hydrogens (tertiary/aromatic N) is 11. The van der Waals surface area contributed by atoms with Crippen LogP contribution in [0.5, 0.6) is 11.6 Å². The summed E-state index contributed by atoms with van der Waals surface area (Å²) in [5, 5.41) is 29.1. The molecule has 0 amide bonds. The maximum atomic E-state index is 9.68. The summed E-state index contributed by atoms with van der Waals surface area (Å²) < 4.78 is 27.0. The summed E-state index contributed by atoms with van der Waals surface area (Å²) >= 11 is 0. The highest BCUT2D eigenvalue weighted by Crippen LogP contribution is 2.39. The maximum absolute atomic E-state index is 9.68. The number of anilines is 2. The second-order valence-corrected chi connectivity index (χ2v) is 13.1. The van der Waals surface area contributed by atoms with Gasteiger partial charge in [0.25, 0.3) is 5.88 Å². The van der Waals surface area contributed by atoms with Gasteiger partial charge in [0.15, 0.2) is 6.61 Å². The van der Waals surface area contributed by atoms with Crippen LogP contribution in [0.25, 0.3) is 11.1 Å². The van der Waals surface area contributed by atoms with Gasteiger partial charge in [0.05, 0.1) is 43.8 Å². The largest absolute Gasteiger partial charge is 0.487 e. The first-order valence-electron chi connectivity index (χ1n) is 17.1. The van der Waals surface area contributed by atoms with Crippen LogP contribution < -0.4 is 14.8 Å². The number of hydrogen-bond donors (Lipinski definition) is 1. The van der Waals surface area contributed by atoms with E-state index < -0.39 is 0 Å². The van der Waals surface area contributed by atoms with Crippen molar-refractivity contribution in [2.75, 3.05) is 18.5 Å². The quantitative estimate of drug-likeness (QED) is 0.197. The van der Waals surface area contributed by atoms with E-state index in [-0.39, 0.29) is 18.8 Å². The Hall–Kier alpha value is -5.40. The van der Waals surface area contributed by atoms with Crippen molar-refractivity contribution in [3.63, 3.8) is 0 Å². The molecular formula is C34H38N12O4. The van der Waals surface area contributed by atoms with Crippen LogP contribution in [-0.2, 0) is 17.9 Å². The number of nitrogens with one attached hydrogen (secondary N) is 1. The van der Waals surface area contributed by atoms with E-state index in [0.717, 1.165) is 50.0 Å². The molecule has 50 heavy (non-hydrogen) atoms. The minimum atomic E-state index is -0.278. The molecule has 1 aromatic carbocycles. The maximum Gasteiger partial charge on any atom is 0.257 e. The molecule has 3 aliphatic rings. The summed E-state index contributed by atoms with van der Waals surface area (Å²) in [4.78, 5) is 16.1. The molecule has 2 saturated heterocycles. The van der Waals surface area contributed by atoms with Crippen LogP contribution in [0.15, 0.2) is 60.0 Å². The molecule has 0 radical (unpaired) electrons. The van der Waals surface area contributed by atoms with Crippen LogP contribution in [0.3, 0.4) is 0 Å². The van der Waals surface area contributed by atoms with Crippen molar-refractivity contribution >= 4 is 11.6 Å². The van der Waals surface area contributed by atoms with Crippen LogP contribution in [0, 0.1) is 11.3 Å². The number of morpholine rings is 1. The van der Waals surface area contributed by atoms with Crippen molar-refractivity contribution < 1.29 is 18.6 Å². The Bertz CT molecular complexity index is 1880. The van der Waals surface area contributed by atoms with E-state index >= 15 is 0 Å². The number of benzene rings is 1. The van der Waals surface area contributed by atoms with Crippen molar-refractivity contribution in [3.05, 3.63) is 67.0 Å². The third kappa shape index (κ3) is 6.87. The van der Waals surface area contributed by atoms with E-state index in [2.05, 4.69) is 46.8 Å². The summed E-state index contributed by atoms with van der Waals surface area (Å²) in [7, 11) is 0. The van der Waals surface area contributed by atoms with Gasteiger partial charge in [0.1, 0.15) is 36.2 Å². The number of ether oxygens (including phenoxy) is 3. The van der Waals surface area contributed by atoms with Gasteiger partial charge in [-0.3, -0.25) is 9.58 Å². The van der Waals surface area contributed by atoms with Gasteiger partial charge < -0.3 is 23.9 Å². The molecule has 5 aromatic rings. The summed E-state index contributed by atoms with van der Waals surface area (Å²) in [6.07, 6.45) is 16.6. The van der Waals surface area contributed by atoms with E-state index in [4.69, 9.17) is 23.7 Å². The summed E-state index contributed by atoms with van der Waals surface area (Å²) in [5.41, 5.74) is 2.65. The summed E-state index contributed by atoms with van der Waals surface area (Å²) in [6.45, 7) is 4.20. The average molecular weight is 679 g/mol. The SMILES string of the molecule is C[C@@H](Cn1cnnn1)Oc1cc(-c2cnc(Nc3cn([C@H]4CC[C@H](N5[C@@H]6CC[C@H]5COC6)CC4)nc3OCc3ncco3)nc2)ccc1C#N. The number of hydrogen-bond acceptors (Lipinski definition) is 14. The van der Waals surface area contributed by atoms with Crippen molar-refractivity contribution in [1.82, 2.24) is 49.8 Å². The third-order valence-corrected chi connectivity index (χ3v) is 9.77. The first-order valence-corrected chi connectivity index (χ1v) is 17.1. The van der Waals surface area contributed by atoms with Gasteiger partial charge in [-0.25, -0.2) is 19.6 Å². The zero-order valence-corrected chi connectivity index (χ0v) is 27.7. The Morgan fingerprint density at radius 1 is 1.00 bits per heavy atom. The molecule has 3 fully saturated rings. The number of oxazole rings is 1. The lowest BCUT2D eigenvalue weighted by Crippen LogP contribution is -2.52. The minimum Gasteiger partial charge on any atom is -0.487 e. The zero-order valence-electron chi connectivity index (χ0n) is 27.7. The van der Waals surface area contributed by atoms with Crippen molar-refractivity contribution in [2.24, 2.45) is 0 Å². The Labute approximate surface area is 288 Å². The van der Waals surface area contributed by atoms with E-state index in [1.165, 1.54) is 25.4 Å². The normalized spacial score (nSPS) is 22.6. The lowest BCUT2D eigenvalue weighted by atomic mass is 9.89. The Kier molecular flexibility index (Phi) is 9.05. The second-order valence-electron chi connectivity index (χ2n) is 13.1. The van der Waals surface area contributed by atoms with Crippen molar-refractivity contribution in [1.29, 1.82) is 5.26 Å². The highest BCUT2D eigenvalue weighted by atomic mass is 16.5. The number of tetrazole rings is 1. The smallest absolute Gasteiger partial charge is 0.257 e. The predicted molar refractivity (Wildman–Crippen MR) is 177 cm³/mol. The summed E-state index contributed by atoms with van der Waals surface area (Å²) in [5.74, 6) is 1.73. The van der Waals surface area contributed by atoms with Crippen LogP contribution in [0.1, 0.15) is 62.9 Å². The van der Waals surface area contributed by atoms with Gasteiger partial charge >= 0.3 is 0 Å². The first kappa shape index (κ1) is 31.8. The number of nitriles is 1. The number of fused-ring (bicyclic) bond motifs is 2. The molecule has 1 saturated carbocycles. The lowest BCUT2D eigenvalue weighted by molar-refractivity contribution is -0.0458. The molecule has 0 spiro atoms. The molecule has 1 aliphatic carbocycles. The van der Waals surface area contributed by atoms with Gasteiger partial charge in [-0.1, -0.05) is 6.07 Å². The molecule has 2 bridgehead atoms. The second kappa shape index (κ2) is 14.2. The van der Waals surface area contributed by atoms with Gasteiger partial charge in [-0.2, -0.15) is 5.26 Å². The highest BCUT2D eigenvalue weighted by Gasteiger charge is 2.42. The molecule has 16 nitrogen and oxygen atoms in total. The fourth-order valence-electron chi connectivity index (χ4n) is 7.42. The Balaban J connectivity index is 0.961. The predicted octanol–water partition coefficient (Wildman–Crippen LogP) is 4.32. The lowest BCUT2D eigenvalue weighted by Gasteiger charge is -2.43. The highest BCUT2D eigenvalue weighted by molar-refractivity contribution is 5.67. The van der Waals surface area contributed by atoms with Gasteiger partial charge in [0.2, 0.25) is 11.8 Å². The van der Waals surface area contributed by atoms with Gasteiger partial charge in [-0.05, 0) is 73.6 Å². The molecule has 4 aromatic heterocycles. The van der Waals surface area contributed by atoms with Crippen LogP contribution >= 0.6 is 0 Å². The van der Waals surface area contributed by atoms with Crippen molar-refractivity contribution in [2.45, 2.75) is 88.9 Å².